The Labute approximate surface area is 187 Å². The summed E-state index contributed by atoms with van der Waals surface area (Å²) in [5, 5.41) is 9.72. The zero-order chi connectivity index (χ0) is 18.2. The molecule has 1 unspecified atom stereocenters. The van der Waals surface area contributed by atoms with Gasteiger partial charge in [0.05, 0.1) is 19.3 Å². The van der Waals surface area contributed by atoms with E-state index in [2.05, 4.69) is 38.0 Å². The number of nitrogens with one attached hydrogen (secondary N) is 2. The van der Waals surface area contributed by atoms with E-state index in [4.69, 9.17) is 16.3 Å². The molecule has 2 N–H and O–H groups in total. The molecule has 0 spiro atoms. The van der Waals surface area contributed by atoms with Crippen LogP contribution >= 0.6 is 46.9 Å². The van der Waals surface area contributed by atoms with Crippen LogP contribution in [0.15, 0.2) is 46.8 Å². The van der Waals surface area contributed by atoms with E-state index in [-0.39, 0.29) is 24.0 Å². The highest BCUT2D eigenvalue weighted by molar-refractivity contribution is 14.0. The van der Waals surface area contributed by atoms with Gasteiger partial charge in [0.1, 0.15) is 0 Å². The topological polar surface area (TPSA) is 48.9 Å². The van der Waals surface area contributed by atoms with Gasteiger partial charge in [0, 0.05) is 43.1 Å². The van der Waals surface area contributed by atoms with Gasteiger partial charge in [-0.05, 0) is 29.1 Å². The number of benzene rings is 1. The van der Waals surface area contributed by atoms with Crippen molar-refractivity contribution < 1.29 is 4.74 Å². The Morgan fingerprint density at radius 1 is 1.22 bits per heavy atom. The molecule has 3 rings (SSSR count). The van der Waals surface area contributed by atoms with Crippen molar-refractivity contribution in [3.8, 4) is 0 Å². The van der Waals surface area contributed by atoms with Gasteiger partial charge in [-0.3, -0.25) is 9.89 Å². The molecule has 8 heteroatoms. The number of ether oxygens (including phenoxy) is 1. The summed E-state index contributed by atoms with van der Waals surface area (Å²) in [6.45, 7) is 5.03. The van der Waals surface area contributed by atoms with Crippen LogP contribution in [0.2, 0.25) is 5.02 Å². The number of aliphatic imine (C=N–C) groups is 1. The van der Waals surface area contributed by atoms with Crippen LogP contribution in [0.25, 0.3) is 0 Å². The Hall–Kier alpha value is -0.870. The van der Waals surface area contributed by atoms with Gasteiger partial charge in [0.2, 0.25) is 0 Å². The Morgan fingerprint density at radius 2 is 1.96 bits per heavy atom. The minimum atomic E-state index is 0. The van der Waals surface area contributed by atoms with Crippen molar-refractivity contribution in [3.63, 3.8) is 0 Å². The molecule has 148 valence electrons. The number of hydrogen-bond donors (Lipinski definition) is 2. The average Bonchev–Trinajstić information content (AvgIpc) is 3.21. The van der Waals surface area contributed by atoms with E-state index in [1.54, 1.807) is 18.4 Å². The van der Waals surface area contributed by atoms with E-state index in [1.807, 2.05) is 24.3 Å². The molecule has 1 fully saturated rings. The third-order valence-electron chi connectivity index (χ3n) is 4.42. The van der Waals surface area contributed by atoms with Crippen LogP contribution in [0.4, 0.5) is 0 Å². The van der Waals surface area contributed by atoms with Crippen molar-refractivity contribution >= 4 is 52.9 Å². The SMILES string of the molecule is CN=C(NCc1ccc(Cl)cc1)NCC(c1cccs1)N1CCOCC1.I. The van der Waals surface area contributed by atoms with Gasteiger partial charge in [-0.15, -0.1) is 35.3 Å². The van der Waals surface area contributed by atoms with Gasteiger partial charge in [-0.25, -0.2) is 0 Å². The van der Waals surface area contributed by atoms with E-state index < -0.39 is 0 Å². The van der Waals surface area contributed by atoms with E-state index in [0.29, 0.717) is 12.6 Å². The van der Waals surface area contributed by atoms with Crippen LogP contribution in [0.3, 0.4) is 0 Å². The standard InChI is InChI=1S/C19H25ClN4OS.HI/c1-21-19(22-13-15-4-6-16(20)7-5-15)23-14-17(18-3-2-12-26-18)24-8-10-25-11-9-24;/h2-7,12,17H,8-11,13-14H2,1H3,(H2,21,22,23);1H. The van der Waals surface area contributed by atoms with E-state index in [1.165, 1.54) is 10.4 Å². The molecule has 27 heavy (non-hydrogen) atoms. The first kappa shape index (κ1) is 22.4. The van der Waals surface area contributed by atoms with Crippen molar-refractivity contribution in [1.82, 2.24) is 15.5 Å². The number of rotatable bonds is 6. The number of thiophene rings is 1. The Bertz CT molecular complexity index is 690. The van der Waals surface area contributed by atoms with E-state index >= 15 is 0 Å². The molecule has 1 aromatic carbocycles. The monoisotopic (exact) mass is 520 g/mol. The summed E-state index contributed by atoms with van der Waals surface area (Å²) in [5.41, 5.74) is 1.17. The van der Waals surface area contributed by atoms with Crippen LogP contribution in [-0.4, -0.2) is 50.8 Å². The van der Waals surface area contributed by atoms with Crippen molar-refractivity contribution in [2.45, 2.75) is 12.6 Å². The number of nitrogens with zero attached hydrogens (tertiary/aromatic N) is 2. The summed E-state index contributed by atoms with van der Waals surface area (Å²) < 4.78 is 5.51. The van der Waals surface area contributed by atoms with Gasteiger partial charge in [0.15, 0.2) is 5.96 Å². The first-order valence-corrected chi connectivity index (χ1v) is 10.1. The zero-order valence-electron chi connectivity index (χ0n) is 15.4. The van der Waals surface area contributed by atoms with Crippen molar-refractivity contribution in [3.05, 3.63) is 57.2 Å². The molecule has 2 heterocycles. The highest BCUT2D eigenvalue weighted by atomic mass is 127. The molecule has 1 atom stereocenters. The maximum atomic E-state index is 5.94. The summed E-state index contributed by atoms with van der Waals surface area (Å²) >= 11 is 7.74. The number of hydrogen-bond acceptors (Lipinski definition) is 4. The second-order valence-electron chi connectivity index (χ2n) is 6.11. The van der Waals surface area contributed by atoms with Gasteiger partial charge < -0.3 is 15.4 Å². The van der Waals surface area contributed by atoms with Crippen LogP contribution in [0.5, 0.6) is 0 Å². The zero-order valence-corrected chi connectivity index (χ0v) is 19.3. The molecular weight excluding hydrogens is 495 g/mol. The number of halogens is 2. The van der Waals surface area contributed by atoms with E-state index in [0.717, 1.165) is 43.8 Å². The van der Waals surface area contributed by atoms with Crippen molar-refractivity contribution in [2.75, 3.05) is 39.9 Å². The predicted octanol–water partition coefficient (Wildman–Crippen LogP) is 3.76. The molecule has 0 saturated carbocycles. The molecular formula is C19H26ClIN4OS. The molecule has 5 nitrogen and oxygen atoms in total. The third kappa shape index (κ3) is 6.90. The lowest BCUT2D eigenvalue weighted by atomic mass is 10.2. The first-order valence-electron chi connectivity index (χ1n) is 8.80. The van der Waals surface area contributed by atoms with Gasteiger partial charge in [-0.2, -0.15) is 0 Å². The summed E-state index contributed by atoms with van der Waals surface area (Å²) in [6, 6.07) is 12.5. The van der Waals surface area contributed by atoms with Crippen molar-refractivity contribution in [1.29, 1.82) is 0 Å². The summed E-state index contributed by atoms with van der Waals surface area (Å²) in [7, 11) is 1.80. The minimum absolute atomic E-state index is 0. The fraction of sp³-hybridized carbons (Fsp3) is 0.421. The minimum Gasteiger partial charge on any atom is -0.379 e. The molecule has 0 bridgehead atoms. The van der Waals surface area contributed by atoms with E-state index in [9.17, 15) is 0 Å². The molecule has 2 aromatic rings. The number of guanidine groups is 1. The molecule has 1 aliphatic heterocycles. The summed E-state index contributed by atoms with van der Waals surface area (Å²) in [6.07, 6.45) is 0. The summed E-state index contributed by atoms with van der Waals surface area (Å²) in [5.74, 6) is 0.801. The lowest BCUT2D eigenvalue weighted by molar-refractivity contribution is 0.0177. The van der Waals surface area contributed by atoms with Crippen LogP contribution in [0, 0.1) is 0 Å². The van der Waals surface area contributed by atoms with Crippen LogP contribution in [-0.2, 0) is 11.3 Å². The predicted molar refractivity (Wildman–Crippen MR) is 125 cm³/mol. The molecule has 1 aromatic heterocycles. The van der Waals surface area contributed by atoms with Crippen LogP contribution in [0.1, 0.15) is 16.5 Å². The quantitative estimate of drug-likeness (QED) is 0.346. The normalized spacial score (nSPS) is 16.4. The number of morpholine rings is 1. The van der Waals surface area contributed by atoms with Gasteiger partial charge >= 0.3 is 0 Å². The first-order chi connectivity index (χ1) is 12.8. The molecule has 1 saturated heterocycles. The lowest BCUT2D eigenvalue weighted by Gasteiger charge is -2.34. The largest absolute Gasteiger partial charge is 0.379 e. The molecule has 0 aliphatic carbocycles. The Morgan fingerprint density at radius 3 is 2.59 bits per heavy atom. The molecule has 1 aliphatic rings. The average molecular weight is 521 g/mol. The van der Waals surface area contributed by atoms with Gasteiger partial charge in [-0.1, -0.05) is 29.8 Å². The maximum Gasteiger partial charge on any atom is 0.191 e. The van der Waals surface area contributed by atoms with Crippen molar-refractivity contribution in [2.24, 2.45) is 4.99 Å². The highest BCUT2D eigenvalue weighted by Gasteiger charge is 2.23. The Balaban J connectivity index is 0.00000261. The second kappa shape index (κ2) is 11.9. The smallest absolute Gasteiger partial charge is 0.191 e. The fourth-order valence-corrected chi connectivity index (χ4v) is 3.97. The van der Waals surface area contributed by atoms with Gasteiger partial charge in [0.25, 0.3) is 0 Å². The second-order valence-corrected chi connectivity index (χ2v) is 7.53. The Kier molecular flexibility index (Phi) is 9.84. The molecule has 0 amide bonds. The highest BCUT2D eigenvalue weighted by Crippen LogP contribution is 2.25. The third-order valence-corrected chi connectivity index (χ3v) is 5.64. The fourth-order valence-electron chi connectivity index (χ4n) is 2.98. The van der Waals surface area contributed by atoms with Crippen LogP contribution < -0.4 is 10.6 Å². The maximum absolute atomic E-state index is 5.94. The summed E-state index contributed by atoms with van der Waals surface area (Å²) in [4.78, 5) is 8.20. The molecule has 0 radical (unpaired) electrons. The lowest BCUT2D eigenvalue weighted by Crippen LogP contribution is -2.46.